The highest BCUT2D eigenvalue weighted by Gasteiger charge is 2.32. The highest BCUT2D eigenvalue weighted by atomic mass is 19.1. The molecule has 1 aromatic carbocycles. The van der Waals surface area contributed by atoms with E-state index in [2.05, 4.69) is 10.4 Å². The summed E-state index contributed by atoms with van der Waals surface area (Å²) in [5.74, 6) is -0.693. The van der Waals surface area contributed by atoms with Crippen molar-refractivity contribution in [1.82, 2.24) is 15.1 Å². The van der Waals surface area contributed by atoms with Gasteiger partial charge in [-0.15, -0.1) is 0 Å². The largest absolute Gasteiger partial charge is 0.497 e. The number of hydrogen-bond donors (Lipinski definition) is 1. The SMILES string of the molecule is COc1ccc(C(=O)N[C@H]2CCCN(c3ccn(C)n3)C2=O)c(F)c1. The van der Waals surface area contributed by atoms with Crippen molar-refractivity contribution in [3.63, 3.8) is 0 Å². The van der Waals surface area contributed by atoms with Gasteiger partial charge in [-0.2, -0.15) is 5.10 Å². The van der Waals surface area contributed by atoms with Gasteiger partial charge in [0, 0.05) is 31.9 Å². The predicted molar refractivity (Wildman–Crippen MR) is 89.0 cm³/mol. The van der Waals surface area contributed by atoms with E-state index in [4.69, 9.17) is 4.74 Å². The summed E-state index contributed by atoms with van der Waals surface area (Å²) < 4.78 is 20.6. The maximum atomic E-state index is 14.0. The highest BCUT2D eigenvalue weighted by molar-refractivity contribution is 6.02. The van der Waals surface area contributed by atoms with Gasteiger partial charge < -0.3 is 10.1 Å². The molecular weight excluding hydrogens is 327 g/mol. The van der Waals surface area contributed by atoms with Crippen LogP contribution >= 0.6 is 0 Å². The Bertz CT molecular complexity index is 805. The van der Waals surface area contributed by atoms with Gasteiger partial charge in [0.05, 0.1) is 12.7 Å². The molecule has 1 fully saturated rings. The molecule has 0 spiro atoms. The number of nitrogens with one attached hydrogen (secondary N) is 1. The fraction of sp³-hybridized carbons (Fsp3) is 0.353. The van der Waals surface area contributed by atoms with E-state index in [9.17, 15) is 14.0 Å². The van der Waals surface area contributed by atoms with Crippen molar-refractivity contribution in [3.05, 3.63) is 41.8 Å². The van der Waals surface area contributed by atoms with Crippen LogP contribution in [0.25, 0.3) is 0 Å². The first-order chi connectivity index (χ1) is 12.0. The summed E-state index contributed by atoms with van der Waals surface area (Å²) in [6.07, 6.45) is 2.97. The second-order valence-electron chi connectivity index (χ2n) is 5.85. The summed E-state index contributed by atoms with van der Waals surface area (Å²) in [5, 5.41) is 6.85. The van der Waals surface area contributed by atoms with Gasteiger partial charge in [-0.25, -0.2) is 4.39 Å². The van der Waals surface area contributed by atoms with Crippen LogP contribution in [-0.2, 0) is 11.8 Å². The molecule has 132 valence electrons. The van der Waals surface area contributed by atoms with Gasteiger partial charge in [-0.05, 0) is 25.0 Å². The predicted octanol–water partition coefficient (Wildman–Crippen LogP) is 1.49. The number of carbonyl (C=O) groups excluding carboxylic acids is 2. The van der Waals surface area contributed by atoms with Gasteiger partial charge in [0.1, 0.15) is 17.6 Å². The Morgan fingerprint density at radius 1 is 1.40 bits per heavy atom. The molecule has 2 amide bonds. The topological polar surface area (TPSA) is 76.5 Å². The van der Waals surface area contributed by atoms with Crippen LogP contribution in [0.3, 0.4) is 0 Å². The number of ether oxygens (including phenoxy) is 1. The lowest BCUT2D eigenvalue weighted by atomic mass is 10.0. The average Bonchev–Trinajstić information content (AvgIpc) is 3.02. The molecule has 0 radical (unpaired) electrons. The van der Waals surface area contributed by atoms with Crippen molar-refractivity contribution in [2.24, 2.45) is 7.05 Å². The van der Waals surface area contributed by atoms with Crippen LogP contribution < -0.4 is 15.0 Å². The van der Waals surface area contributed by atoms with E-state index in [1.165, 1.54) is 19.2 Å². The second kappa shape index (κ2) is 6.92. The Labute approximate surface area is 144 Å². The number of carbonyl (C=O) groups is 2. The van der Waals surface area contributed by atoms with Crippen LogP contribution in [0.4, 0.5) is 10.2 Å². The molecule has 1 aliphatic heterocycles. The van der Waals surface area contributed by atoms with Crippen LogP contribution in [0.5, 0.6) is 5.75 Å². The number of benzene rings is 1. The summed E-state index contributed by atoms with van der Waals surface area (Å²) in [6, 6.07) is 5.02. The number of halogens is 1. The van der Waals surface area contributed by atoms with Crippen molar-refractivity contribution in [3.8, 4) is 5.75 Å². The number of hydrogen-bond acceptors (Lipinski definition) is 4. The number of amides is 2. The molecule has 2 heterocycles. The molecule has 1 N–H and O–H groups in total. The van der Waals surface area contributed by atoms with Crippen molar-refractivity contribution in [1.29, 1.82) is 0 Å². The molecule has 0 unspecified atom stereocenters. The lowest BCUT2D eigenvalue weighted by Gasteiger charge is -2.31. The fourth-order valence-electron chi connectivity index (χ4n) is 2.83. The Kier molecular flexibility index (Phi) is 4.69. The second-order valence-corrected chi connectivity index (χ2v) is 5.85. The normalized spacial score (nSPS) is 17.5. The van der Waals surface area contributed by atoms with E-state index in [-0.39, 0.29) is 11.5 Å². The average molecular weight is 346 g/mol. The Hall–Kier alpha value is -2.90. The molecule has 25 heavy (non-hydrogen) atoms. The maximum absolute atomic E-state index is 14.0. The lowest BCUT2D eigenvalue weighted by Crippen LogP contribution is -2.52. The quantitative estimate of drug-likeness (QED) is 0.910. The minimum atomic E-state index is -0.704. The summed E-state index contributed by atoms with van der Waals surface area (Å²) in [7, 11) is 3.19. The van der Waals surface area contributed by atoms with Crippen molar-refractivity contribution in [2.75, 3.05) is 18.6 Å². The van der Waals surface area contributed by atoms with Crippen molar-refractivity contribution >= 4 is 17.6 Å². The van der Waals surface area contributed by atoms with Gasteiger partial charge in [0.2, 0.25) is 0 Å². The summed E-state index contributed by atoms with van der Waals surface area (Å²) in [5.41, 5.74) is -0.122. The Morgan fingerprint density at radius 3 is 2.84 bits per heavy atom. The van der Waals surface area contributed by atoms with Crippen LogP contribution in [0, 0.1) is 5.82 Å². The van der Waals surface area contributed by atoms with Crippen LogP contribution in [0.2, 0.25) is 0 Å². The molecule has 1 atom stereocenters. The standard InChI is InChI=1S/C17H19FN4O3/c1-21-9-7-15(20-21)22-8-3-4-14(17(22)24)19-16(23)12-6-5-11(25-2)10-13(12)18/h5-7,9-10,14H,3-4,8H2,1-2H3,(H,19,23)/t14-/m0/s1. The minimum Gasteiger partial charge on any atom is -0.497 e. The highest BCUT2D eigenvalue weighted by Crippen LogP contribution is 2.20. The zero-order valence-electron chi connectivity index (χ0n) is 14.0. The number of rotatable bonds is 4. The molecule has 0 saturated carbocycles. The molecule has 1 aliphatic rings. The number of nitrogens with zero attached hydrogens (tertiary/aromatic N) is 3. The van der Waals surface area contributed by atoms with Gasteiger partial charge >= 0.3 is 0 Å². The van der Waals surface area contributed by atoms with E-state index >= 15 is 0 Å². The number of methoxy groups -OCH3 is 1. The lowest BCUT2D eigenvalue weighted by molar-refractivity contribution is -0.121. The fourth-order valence-corrected chi connectivity index (χ4v) is 2.83. The van der Waals surface area contributed by atoms with E-state index < -0.39 is 17.8 Å². The third kappa shape index (κ3) is 3.47. The minimum absolute atomic E-state index is 0.122. The molecule has 8 heteroatoms. The van der Waals surface area contributed by atoms with Gasteiger partial charge in [0.25, 0.3) is 11.8 Å². The van der Waals surface area contributed by atoms with Crippen LogP contribution in [-0.4, -0.2) is 41.3 Å². The van der Waals surface area contributed by atoms with Crippen LogP contribution in [0.15, 0.2) is 30.5 Å². The van der Waals surface area contributed by atoms with E-state index in [0.717, 1.165) is 12.5 Å². The summed E-state index contributed by atoms with van der Waals surface area (Å²) >= 11 is 0. The summed E-state index contributed by atoms with van der Waals surface area (Å²) in [4.78, 5) is 26.5. The third-order valence-corrected chi connectivity index (χ3v) is 4.14. The maximum Gasteiger partial charge on any atom is 0.254 e. The number of aromatic nitrogens is 2. The molecule has 7 nitrogen and oxygen atoms in total. The molecule has 2 aromatic rings. The summed E-state index contributed by atoms with van der Waals surface area (Å²) in [6.45, 7) is 0.541. The van der Waals surface area contributed by atoms with Gasteiger partial charge in [-0.3, -0.25) is 19.2 Å². The third-order valence-electron chi connectivity index (χ3n) is 4.14. The molecule has 1 aromatic heterocycles. The molecule has 3 rings (SSSR count). The smallest absolute Gasteiger partial charge is 0.254 e. The zero-order valence-corrected chi connectivity index (χ0v) is 14.0. The first-order valence-electron chi connectivity index (χ1n) is 7.95. The first-order valence-corrected chi connectivity index (χ1v) is 7.95. The monoisotopic (exact) mass is 346 g/mol. The molecular formula is C17H19FN4O3. The van der Waals surface area contributed by atoms with Crippen LogP contribution in [0.1, 0.15) is 23.2 Å². The van der Waals surface area contributed by atoms with Gasteiger partial charge in [0.15, 0.2) is 5.82 Å². The van der Waals surface area contributed by atoms with Gasteiger partial charge in [-0.1, -0.05) is 0 Å². The van der Waals surface area contributed by atoms with E-state index in [1.54, 1.807) is 28.9 Å². The van der Waals surface area contributed by atoms with Crippen molar-refractivity contribution < 1.29 is 18.7 Å². The Balaban J connectivity index is 1.73. The molecule has 0 bridgehead atoms. The number of aryl methyl sites for hydroxylation is 1. The number of piperidine rings is 1. The zero-order chi connectivity index (χ0) is 18.0. The van der Waals surface area contributed by atoms with E-state index in [1.807, 2.05) is 0 Å². The number of anilines is 1. The Morgan fingerprint density at radius 2 is 2.20 bits per heavy atom. The molecule has 1 saturated heterocycles. The van der Waals surface area contributed by atoms with Crippen molar-refractivity contribution in [2.45, 2.75) is 18.9 Å². The van der Waals surface area contributed by atoms with E-state index in [0.29, 0.717) is 24.5 Å². The molecule has 0 aliphatic carbocycles. The first kappa shape index (κ1) is 16.9.